The van der Waals surface area contributed by atoms with Crippen LogP contribution in [0.2, 0.25) is 0 Å². The lowest BCUT2D eigenvalue weighted by Crippen LogP contribution is -2.07. The molecular formula is C21H16N2O3. The molecule has 1 aliphatic rings. The van der Waals surface area contributed by atoms with E-state index >= 15 is 0 Å². The van der Waals surface area contributed by atoms with Crippen LogP contribution in [0, 0.1) is 6.92 Å². The van der Waals surface area contributed by atoms with Gasteiger partial charge < -0.3 is 4.74 Å². The first-order valence-corrected chi connectivity index (χ1v) is 8.25. The molecule has 128 valence electrons. The van der Waals surface area contributed by atoms with Crippen LogP contribution in [0.5, 0.6) is 0 Å². The average molecular weight is 344 g/mol. The van der Waals surface area contributed by atoms with Gasteiger partial charge in [-0.15, -0.1) is 0 Å². The molecule has 5 nitrogen and oxygen atoms in total. The third-order valence-corrected chi connectivity index (χ3v) is 4.40. The Hall–Kier alpha value is -3.47. The number of aliphatic imine (C=N–C) groups is 1. The summed E-state index contributed by atoms with van der Waals surface area (Å²) in [5.74, 6) is -0.288. The molecule has 0 fully saturated rings. The molecular weight excluding hydrogens is 328 g/mol. The number of carbonyl (C=O) groups is 2. The minimum atomic E-state index is -0.497. The lowest BCUT2D eigenvalue weighted by atomic mass is 10.1. The Bertz CT molecular complexity index is 1100. The van der Waals surface area contributed by atoms with Gasteiger partial charge >= 0.3 is 5.97 Å². The molecule has 0 saturated heterocycles. The first-order chi connectivity index (χ1) is 12.6. The van der Waals surface area contributed by atoms with Gasteiger partial charge in [-0.2, -0.15) is 0 Å². The van der Waals surface area contributed by atoms with E-state index in [9.17, 15) is 9.59 Å². The second-order valence-corrected chi connectivity index (χ2v) is 6.07. The van der Waals surface area contributed by atoms with Crippen molar-refractivity contribution >= 4 is 34.8 Å². The van der Waals surface area contributed by atoms with Crippen LogP contribution in [0.25, 0.3) is 17.0 Å². The fourth-order valence-electron chi connectivity index (χ4n) is 3.23. The van der Waals surface area contributed by atoms with Crippen molar-refractivity contribution in [3.05, 3.63) is 77.1 Å². The summed E-state index contributed by atoms with van der Waals surface area (Å²) < 4.78 is 6.95. The number of hydrogen-bond acceptors (Lipinski definition) is 4. The van der Waals surface area contributed by atoms with E-state index in [-0.39, 0.29) is 17.5 Å². The number of benzene rings is 2. The van der Waals surface area contributed by atoms with Crippen LogP contribution in [-0.4, -0.2) is 22.3 Å². The fraction of sp³-hybridized carbons (Fsp3) is 0.0952. The SMILES string of the molecule is CC(=O)n1c(C)c(/C=C2/N=C(c3ccccc3)OC2=O)c2ccccc21. The molecule has 0 unspecified atom stereocenters. The Kier molecular flexibility index (Phi) is 3.77. The largest absolute Gasteiger partial charge is 0.402 e. The smallest absolute Gasteiger partial charge is 0.363 e. The van der Waals surface area contributed by atoms with E-state index in [1.807, 2.05) is 61.5 Å². The van der Waals surface area contributed by atoms with E-state index in [2.05, 4.69) is 4.99 Å². The normalized spacial score (nSPS) is 15.4. The summed E-state index contributed by atoms with van der Waals surface area (Å²) in [5, 5.41) is 0.892. The van der Waals surface area contributed by atoms with Gasteiger partial charge in [-0.3, -0.25) is 9.36 Å². The van der Waals surface area contributed by atoms with E-state index < -0.39 is 5.97 Å². The summed E-state index contributed by atoms with van der Waals surface area (Å²) >= 11 is 0. The molecule has 3 aromatic rings. The molecule has 0 amide bonds. The van der Waals surface area contributed by atoms with Crippen LogP contribution in [0.3, 0.4) is 0 Å². The molecule has 2 aromatic carbocycles. The molecule has 0 N–H and O–H groups in total. The summed E-state index contributed by atoms with van der Waals surface area (Å²) in [6.45, 7) is 3.38. The van der Waals surface area contributed by atoms with Crippen LogP contribution < -0.4 is 0 Å². The van der Waals surface area contributed by atoms with Crippen molar-refractivity contribution in [2.24, 2.45) is 4.99 Å². The highest BCUT2D eigenvalue weighted by molar-refractivity contribution is 6.13. The van der Waals surface area contributed by atoms with E-state index in [1.165, 1.54) is 6.92 Å². The molecule has 4 rings (SSSR count). The van der Waals surface area contributed by atoms with Crippen LogP contribution in [0.15, 0.2) is 65.3 Å². The molecule has 2 heterocycles. The molecule has 0 radical (unpaired) electrons. The molecule has 1 aromatic heterocycles. The highest BCUT2D eigenvalue weighted by Gasteiger charge is 2.25. The Morgan fingerprint density at radius 2 is 1.77 bits per heavy atom. The molecule has 0 spiro atoms. The summed E-state index contributed by atoms with van der Waals surface area (Å²) in [5.41, 5.74) is 3.33. The Balaban J connectivity index is 1.87. The van der Waals surface area contributed by atoms with Gasteiger partial charge in [-0.05, 0) is 31.2 Å². The quantitative estimate of drug-likeness (QED) is 0.522. The summed E-state index contributed by atoms with van der Waals surface area (Å²) in [7, 11) is 0. The van der Waals surface area contributed by atoms with Gasteiger partial charge in [0.1, 0.15) is 0 Å². The predicted octanol–water partition coefficient (Wildman–Crippen LogP) is 3.95. The third-order valence-electron chi connectivity index (χ3n) is 4.40. The van der Waals surface area contributed by atoms with Crippen LogP contribution in [0.4, 0.5) is 0 Å². The summed E-state index contributed by atoms with van der Waals surface area (Å²) in [4.78, 5) is 28.7. The Labute approximate surface area is 150 Å². The van der Waals surface area contributed by atoms with Crippen molar-refractivity contribution in [1.82, 2.24) is 4.57 Å². The second-order valence-electron chi connectivity index (χ2n) is 6.07. The van der Waals surface area contributed by atoms with Gasteiger partial charge in [0.05, 0.1) is 5.52 Å². The fourth-order valence-corrected chi connectivity index (χ4v) is 3.23. The number of carbonyl (C=O) groups excluding carboxylic acids is 2. The van der Waals surface area contributed by atoms with E-state index in [4.69, 9.17) is 4.74 Å². The molecule has 0 aliphatic carbocycles. The van der Waals surface area contributed by atoms with Crippen molar-refractivity contribution in [3.8, 4) is 0 Å². The number of aromatic nitrogens is 1. The zero-order valence-electron chi connectivity index (χ0n) is 14.4. The molecule has 0 bridgehead atoms. The van der Waals surface area contributed by atoms with E-state index in [1.54, 1.807) is 10.6 Å². The molecule has 0 saturated carbocycles. The first kappa shape index (κ1) is 16.0. The lowest BCUT2D eigenvalue weighted by molar-refractivity contribution is -0.129. The predicted molar refractivity (Wildman–Crippen MR) is 100 cm³/mol. The number of rotatable bonds is 2. The van der Waals surface area contributed by atoms with Crippen molar-refractivity contribution in [2.45, 2.75) is 13.8 Å². The van der Waals surface area contributed by atoms with Gasteiger partial charge in [0.2, 0.25) is 11.8 Å². The zero-order valence-corrected chi connectivity index (χ0v) is 14.4. The Morgan fingerprint density at radius 3 is 2.50 bits per heavy atom. The molecule has 0 atom stereocenters. The number of esters is 1. The van der Waals surface area contributed by atoms with Crippen LogP contribution >= 0.6 is 0 Å². The third kappa shape index (κ3) is 2.54. The monoisotopic (exact) mass is 344 g/mol. The first-order valence-electron chi connectivity index (χ1n) is 8.25. The molecule has 26 heavy (non-hydrogen) atoms. The average Bonchev–Trinajstić information content (AvgIpc) is 3.14. The van der Waals surface area contributed by atoms with Crippen molar-refractivity contribution in [1.29, 1.82) is 0 Å². The highest BCUT2D eigenvalue weighted by atomic mass is 16.6. The highest BCUT2D eigenvalue weighted by Crippen LogP contribution is 2.29. The summed E-state index contributed by atoms with van der Waals surface area (Å²) in [6, 6.07) is 16.9. The maximum atomic E-state index is 12.3. The van der Waals surface area contributed by atoms with Gasteiger partial charge in [0.15, 0.2) is 5.70 Å². The zero-order chi connectivity index (χ0) is 18.3. The van der Waals surface area contributed by atoms with Crippen molar-refractivity contribution in [3.63, 3.8) is 0 Å². The minimum Gasteiger partial charge on any atom is -0.402 e. The maximum Gasteiger partial charge on any atom is 0.363 e. The number of cyclic esters (lactones) is 1. The minimum absolute atomic E-state index is 0.0779. The van der Waals surface area contributed by atoms with Gasteiger partial charge in [0, 0.05) is 29.1 Å². The van der Waals surface area contributed by atoms with Crippen LogP contribution in [-0.2, 0) is 9.53 Å². The van der Waals surface area contributed by atoms with Gasteiger partial charge in [-0.1, -0.05) is 36.4 Å². The standard InChI is InChI=1S/C21H16N2O3/c1-13-17(16-10-6-7-11-19(16)23(13)14(2)24)12-18-21(25)26-20(22-18)15-8-4-3-5-9-15/h3-12H,1-2H3/b18-12+. The van der Waals surface area contributed by atoms with Gasteiger partial charge in [-0.25, -0.2) is 9.79 Å². The van der Waals surface area contributed by atoms with E-state index in [0.717, 1.165) is 27.7 Å². The Morgan fingerprint density at radius 1 is 1.08 bits per heavy atom. The number of fused-ring (bicyclic) bond motifs is 1. The topological polar surface area (TPSA) is 60.7 Å². The van der Waals surface area contributed by atoms with Crippen molar-refractivity contribution < 1.29 is 14.3 Å². The molecule has 5 heteroatoms. The van der Waals surface area contributed by atoms with Gasteiger partial charge in [0.25, 0.3) is 0 Å². The van der Waals surface area contributed by atoms with E-state index in [0.29, 0.717) is 0 Å². The molecule has 1 aliphatic heterocycles. The second kappa shape index (κ2) is 6.11. The summed E-state index contributed by atoms with van der Waals surface area (Å²) in [6.07, 6.45) is 1.69. The number of nitrogens with zero attached hydrogens (tertiary/aromatic N) is 2. The number of para-hydroxylation sites is 1. The number of hydrogen-bond donors (Lipinski definition) is 0. The number of ether oxygens (including phenoxy) is 1. The van der Waals surface area contributed by atoms with Crippen molar-refractivity contribution in [2.75, 3.05) is 0 Å². The maximum absolute atomic E-state index is 12.3. The van der Waals surface area contributed by atoms with Crippen LogP contribution in [0.1, 0.15) is 28.5 Å². The lowest BCUT2D eigenvalue weighted by Gasteiger charge is -2.01.